The Morgan fingerprint density at radius 3 is 1.74 bits per heavy atom. The van der Waals surface area contributed by atoms with E-state index in [0.29, 0.717) is 6.10 Å². The van der Waals surface area contributed by atoms with Gasteiger partial charge < -0.3 is 0 Å². The molecule has 0 spiro atoms. The molecule has 2 heteroatoms. The van der Waals surface area contributed by atoms with E-state index in [4.69, 9.17) is 4.74 Å². The molecule has 1 aliphatic rings. The van der Waals surface area contributed by atoms with Crippen molar-refractivity contribution in [3.05, 3.63) is 0 Å². The summed E-state index contributed by atoms with van der Waals surface area (Å²) in [4.78, 5) is 0. The molecule has 23 heavy (non-hydrogen) atoms. The molecule has 2 atom stereocenters. The molecule has 1 aliphatic heterocycles. The van der Waals surface area contributed by atoms with Gasteiger partial charge in [-0.15, -0.1) is 0 Å². The first-order valence-corrected chi connectivity index (χ1v) is 16.5. The minimum absolute atomic E-state index is 0.645. The Hall–Kier alpha value is 0.503. The van der Waals surface area contributed by atoms with Crippen molar-refractivity contribution in [2.75, 3.05) is 6.61 Å². The van der Waals surface area contributed by atoms with Gasteiger partial charge in [0.1, 0.15) is 0 Å². The molecule has 1 heterocycles. The molecule has 0 bridgehead atoms. The van der Waals surface area contributed by atoms with Gasteiger partial charge in [0.05, 0.1) is 0 Å². The van der Waals surface area contributed by atoms with Crippen LogP contribution in [0.5, 0.6) is 0 Å². The van der Waals surface area contributed by atoms with Crippen molar-refractivity contribution in [3.8, 4) is 0 Å². The van der Waals surface area contributed by atoms with E-state index in [9.17, 15) is 0 Å². The molecular weight excluding hydrogens is 341 g/mol. The first-order chi connectivity index (χ1) is 11.2. The number of ether oxygens (including phenoxy) is 1. The van der Waals surface area contributed by atoms with E-state index in [0.717, 1.165) is 11.4 Å². The zero-order chi connectivity index (χ0) is 17.0. The fourth-order valence-electron chi connectivity index (χ4n) is 4.75. The second-order valence-corrected chi connectivity index (χ2v) is 18.4. The Morgan fingerprint density at radius 2 is 1.35 bits per heavy atom. The van der Waals surface area contributed by atoms with E-state index in [1.165, 1.54) is 70.6 Å². The molecule has 1 nitrogen and oxygen atoms in total. The average molecular weight is 385 g/mol. The quantitative estimate of drug-likeness (QED) is 0.280. The molecule has 0 aromatic carbocycles. The molecule has 1 fully saturated rings. The normalized spacial score (nSPS) is 20.1. The molecular formula is C21H44GeO. The number of rotatable bonds is 14. The van der Waals surface area contributed by atoms with Crippen LogP contribution in [0.3, 0.4) is 0 Å². The Bertz CT molecular complexity index is 251. The van der Waals surface area contributed by atoms with Crippen LogP contribution in [-0.4, -0.2) is 26.0 Å². The summed E-state index contributed by atoms with van der Waals surface area (Å²) in [6, 6.07) is 0. The first-order valence-electron chi connectivity index (χ1n) is 10.9. The van der Waals surface area contributed by atoms with E-state index >= 15 is 0 Å². The Morgan fingerprint density at radius 1 is 0.826 bits per heavy atom. The topological polar surface area (TPSA) is 9.23 Å². The van der Waals surface area contributed by atoms with Crippen LogP contribution in [0.25, 0.3) is 0 Å². The van der Waals surface area contributed by atoms with Crippen molar-refractivity contribution >= 4 is 13.3 Å². The van der Waals surface area contributed by atoms with Gasteiger partial charge in [0.25, 0.3) is 0 Å². The van der Waals surface area contributed by atoms with Gasteiger partial charge in [0.15, 0.2) is 0 Å². The second kappa shape index (κ2) is 12.8. The maximum absolute atomic E-state index is 6.30. The molecule has 0 radical (unpaired) electrons. The van der Waals surface area contributed by atoms with Crippen molar-refractivity contribution in [1.82, 2.24) is 0 Å². The summed E-state index contributed by atoms with van der Waals surface area (Å²) >= 11 is -1.84. The molecule has 1 rings (SSSR count). The van der Waals surface area contributed by atoms with Crippen molar-refractivity contribution in [2.24, 2.45) is 0 Å². The van der Waals surface area contributed by atoms with E-state index in [-0.39, 0.29) is 0 Å². The van der Waals surface area contributed by atoms with Crippen molar-refractivity contribution in [2.45, 2.75) is 125 Å². The van der Waals surface area contributed by atoms with E-state index < -0.39 is 13.3 Å². The van der Waals surface area contributed by atoms with Gasteiger partial charge in [-0.3, -0.25) is 0 Å². The molecule has 2 unspecified atom stereocenters. The Labute approximate surface area is 149 Å². The molecule has 0 N–H and O–H groups in total. The predicted molar refractivity (Wildman–Crippen MR) is 107 cm³/mol. The Balaban J connectivity index is 2.97. The average Bonchev–Trinajstić information content (AvgIpc) is 3.10. The molecule has 0 aliphatic carbocycles. The number of hydrogen-bond donors (Lipinski definition) is 0. The molecule has 0 aromatic heterocycles. The van der Waals surface area contributed by atoms with Gasteiger partial charge >= 0.3 is 150 Å². The van der Waals surface area contributed by atoms with Crippen LogP contribution in [0.1, 0.15) is 98.3 Å². The van der Waals surface area contributed by atoms with Crippen molar-refractivity contribution in [3.63, 3.8) is 0 Å². The molecule has 1 saturated heterocycles. The summed E-state index contributed by atoms with van der Waals surface area (Å²) < 4.78 is 7.31. The number of unbranched alkanes of at least 4 members (excludes halogenated alkanes) is 4. The maximum atomic E-state index is 6.30. The van der Waals surface area contributed by atoms with Crippen LogP contribution in [-0.2, 0) is 4.74 Å². The van der Waals surface area contributed by atoms with Crippen LogP contribution >= 0.6 is 0 Å². The summed E-state index contributed by atoms with van der Waals surface area (Å²) in [6.07, 6.45) is 16.2. The second-order valence-electron chi connectivity index (χ2n) is 7.97. The van der Waals surface area contributed by atoms with Crippen LogP contribution in [0, 0.1) is 0 Å². The summed E-state index contributed by atoms with van der Waals surface area (Å²) in [5, 5.41) is 4.89. The molecule has 138 valence electrons. The van der Waals surface area contributed by atoms with Crippen LogP contribution in [0.4, 0.5) is 0 Å². The van der Waals surface area contributed by atoms with Crippen molar-refractivity contribution in [1.29, 1.82) is 0 Å². The van der Waals surface area contributed by atoms with Gasteiger partial charge in [0.2, 0.25) is 0 Å². The summed E-state index contributed by atoms with van der Waals surface area (Å²) in [6.45, 7) is 10.6. The van der Waals surface area contributed by atoms with E-state index in [2.05, 4.69) is 27.7 Å². The molecule has 0 amide bonds. The standard InChI is InChI=1S/C21H44GeO/c1-5-9-14-20(21-15-13-19-23-21)22(16-10-6-2,17-11-7-3)18-12-8-4/h20-21H,5-19H2,1-4H3. The minimum atomic E-state index is -1.84. The summed E-state index contributed by atoms with van der Waals surface area (Å²) in [5.74, 6) is 0. The fourth-order valence-corrected chi connectivity index (χ4v) is 19.2. The van der Waals surface area contributed by atoms with Gasteiger partial charge in [-0.2, -0.15) is 0 Å². The van der Waals surface area contributed by atoms with Crippen LogP contribution in [0.2, 0.25) is 20.5 Å². The van der Waals surface area contributed by atoms with E-state index in [1.807, 2.05) is 0 Å². The van der Waals surface area contributed by atoms with Crippen molar-refractivity contribution < 1.29 is 4.74 Å². The first kappa shape index (κ1) is 21.5. The van der Waals surface area contributed by atoms with Gasteiger partial charge in [-0.05, 0) is 0 Å². The van der Waals surface area contributed by atoms with Gasteiger partial charge in [-0.1, -0.05) is 0 Å². The summed E-state index contributed by atoms with van der Waals surface area (Å²) in [5.41, 5.74) is 0. The monoisotopic (exact) mass is 386 g/mol. The van der Waals surface area contributed by atoms with Crippen LogP contribution < -0.4 is 0 Å². The molecule has 0 aromatic rings. The third-order valence-electron chi connectivity index (χ3n) is 6.15. The fraction of sp³-hybridized carbons (Fsp3) is 1.00. The third-order valence-corrected chi connectivity index (χ3v) is 19.3. The summed E-state index contributed by atoms with van der Waals surface area (Å²) in [7, 11) is 0. The third kappa shape index (κ3) is 7.10. The van der Waals surface area contributed by atoms with E-state index in [1.54, 1.807) is 15.8 Å². The van der Waals surface area contributed by atoms with Crippen LogP contribution in [0.15, 0.2) is 0 Å². The number of hydrogen-bond acceptors (Lipinski definition) is 1. The van der Waals surface area contributed by atoms with Gasteiger partial charge in [-0.25, -0.2) is 0 Å². The SMILES string of the molecule is CCCC[CH](C1CCCO1)[Ge]([CH2]CCC)([CH2]CCC)[CH2]CCC. The zero-order valence-corrected chi connectivity index (χ0v) is 18.8. The Kier molecular flexibility index (Phi) is 12.0. The van der Waals surface area contributed by atoms with Gasteiger partial charge in [0, 0.05) is 0 Å². The molecule has 0 saturated carbocycles. The zero-order valence-electron chi connectivity index (χ0n) is 16.7. The predicted octanol–water partition coefficient (Wildman–Crippen LogP) is 7.57.